The van der Waals surface area contributed by atoms with Crippen molar-refractivity contribution in [3.63, 3.8) is 0 Å². The molecule has 20 heavy (non-hydrogen) atoms. The van der Waals surface area contributed by atoms with Gasteiger partial charge < -0.3 is 10.8 Å². The van der Waals surface area contributed by atoms with Crippen molar-refractivity contribution in [1.82, 2.24) is 0 Å². The summed E-state index contributed by atoms with van der Waals surface area (Å²) in [6.07, 6.45) is 2.61. The largest absolute Gasteiger partial charge is 0.478 e. The highest BCUT2D eigenvalue weighted by Gasteiger charge is 2.01. The lowest BCUT2D eigenvalue weighted by Gasteiger charge is -2.05. The van der Waals surface area contributed by atoms with Crippen LogP contribution in [-0.2, 0) is 10.5 Å². The minimum Gasteiger partial charge on any atom is -0.478 e. The number of hydrogen-bond donors (Lipinski definition) is 2. The van der Waals surface area contributed by atoms with Crippen LogP contribution in [0.25, 0.3) is 6.08 Å². The smallest absolute Gasteiger partial charge is 0.328 e. The Morgan fingerprint density at radius 3 is 2.65 bits per heavy atom. The van der Waals surface area contributed by atoms with Crippen LogP contribution in [0, 0.1) is 0 Å². The molecule has 0 bridgehead atoms. The maximum absolute atomic E-state index is 10.5. The first-order chi connectivity index (χ1) is 9.65. The Balaban J connectivity index is 2.09. The van der Waals surface area contributed by atoms with Crippen molar-refractivity contribution in [2.45, 2.75) is 10.6 Å². The molecule has 0 heterocycles. The average Bonchev–Trinajstić information content (AvgIpc) is 2.46. The van der Waals surface area contributed by atoms with Gasteiger partial charge >= 0.3 is 5.97 Å². The third-order valence-corrected chi connectivity index (χ3v) is 3.78. The van der Waals surface area contributed by atoms with Gasteiger partial charge in [0, 0.05) is 22.4 Å². The highest BCUT2D eigenvalue weighted by Crippen LogP contribution is 2.26. The third-order valence-electron chi connectivity index (χ3n) is 2.71. The Hall–Kier alpha value is -2.20. The van der Waals surface area contributed by atoms with Gasteiger partial charge in [-0.2, -0.15) is 0 Å². The molecular formula is C16H15NO2S. The van der Waals surface area contributed by atoms with Gasteiger partial charge in [0.1, 0.15) is 0 Å². The molecule has 4 heteroatoms. The van der Waals surface area contributed by atoms with E-state index in [9.17, 15) is 4.79 Å². The number of hydrogen-bond acceptors (Lipinski definition) is 3. The molecule has 0 fully saturated rings. The summed E-state index contributed by atoms with van der Waals surface area (Å²) in [7, 11) is 0. The SMILES string of the molecule is Nc1ccc(SCc2ccccc2)cc1C=CC(=O)O. The van der Waals surface area contributed by atoms with Gasteiger partial charge in [0.05, 0.1) is 0 Å². The number of nitrogens with two attached hydrogens (primary N) is 1. The number of carboxylic acids is 1. The summed E-state index contributed by atoms with van der Waals surface area (Å²) < 4.78 is 0. The van der Waals surface area contributed by atoms with Gasteiger partial charge in [-0.05, 0) is 35.4 Å². The van der Waals surface area contributed by atoms with E-state index in [0.29, 0.717) is 5.69 Å². The lowest BCUT2D eigenvalue weighted by atomic mass is 10.1. The molecule has 0 aliphatic carbocycles. The molecule has 0 spiro atoms. The minimum atomic E-state index is -0.980. The lowest BCUT2D eigenvalue weighted by molar-refractivity contribution is -0.131. The third kappa shape index (κ3) is 4.17. The van der Waals surface area contributed by atoms with Gasteiger partial charge in [-0.1, -0.05) is 30.3 Å². The van der Waals surface area contributed by atoms with Crippen molar-refractivity contribution >= 4 is 29.5 Å². The molecule has 0 aliphatic heterocycles. The lowest BCUT2D eigenvalue weighted by Crippen LogP contribution is -1.91. The van der Waals surface area contributed by atoms with Gasteiger partial charge in [0.2, 0.25) is 0 Å². The zero-order valence-electron chi connectivity index (χ0n) is 10.8. The number of carbonyl (C=O) groups is 1. The van der Waals surface area contributed by atoms with Crippen LogP contribution in [0.2, 0.25) is 0 Å². The van der Waals surface area contributed by atoms with Crippen molar-refractivity contribution in [3.8, 4) is 0 Å². The number of rotatable bonds is 5. The fourth-order valence-electron chi connectivity index (χ4n) is 1.69. The monoisotopic (exact) mass is 285 g/mol. The quantitative estimate of drug-likeness (QED) is 0.500. The molecule has 3 nitrogen and oxygen atoms in total. The molecule has 0 unspecified atom stereocenters. The Morgan fingerprint density at radius 1 is 1.20 bits per heavy atom. The first-order valence-corrected chi connectivity index (χ1v) is 7.11. The molecule has 0 amide bonds. The Morgan fingerprint density at radius 2 is 1.95 bits per heavy atom. The molecule has 0 aromatic heterocycles. The van der Waals surface area contributed by atoms with E-state index in [1.807, 2.05) is 30.3 Å². The summed E-state index contributed by atoms with van der Waals surface area (Å²) in [6.45, 7) is 0. The van der Waals surface area contributed by atoms with E-state index in [1.54, 1.807) is 17.8 Å². The average molecular weight is 285 g/mol. The first kappa shape index (κ1) is 14.2. The Labute approximate surface area is 122 Å². The summed E-state index contributed by atoms with van der Waals surface area (Å²) in [6, 6.07) is 15.8. The van der Waals surface area contributed by atoms with Crippen LogP contribution in [-0.4, -0.2) is 11.1 Å². The molecular weight excluding hydrogens is 270 g/mol. The van der Waals surface area contributed by atoms with Crippen LogP contribution in [0.3, 0.4) is 0 Å². The fourth-order valence-corrected chi connectivity index (χ4v) is 2.59. The minimum absolute atomic E-state index is 0.576. The summed E-state index contributed by atoms with van der Waals surface area (Å²) in [4.78, 5) is 11.6. The van der Waals surface area contributed by atoms with Crippen LogP contribution < -0.4 is 5.73 Å². The first-order valence-electron chi connectivity index (χ1n) is 6.12. The fraction of sp³-hybridized carbons (Fsp3) is 0.0625. The molecule has 0 atom stereocenters. The summed E-state index contributed by atoms with van der Waals surface area (Å²) in [5.74, 6) is -0.112. The summed E-state index contributed by atoms with van der Waals surface area (Å²) >= 11 is 1.69. The van der Waals surface area contributed by atoms with Crippen molar-refractivity contribution < 1.29 is 9.90 Å². The van der Waals surface area contributed by atoms with E-state index in [1.165, 1.54) is 11.6 Å². The molecule has 102 valence electrons. The normalized spacial score (nSPS) is 10.8. The van der Waals surface area contributed by atoms with E-state index in [2.05, 4.69) is 12.1 Å². The second kappa shape index (κ2) is 6.82. The van der Waals surface area contributed by atoms with E-state index in [0.717, 1.165) is 22.3 Å². The number of benzene rings is 2. The van der Waals surface area contributed by atoms with Crippen LogP contribution in [0.15, 0.2) is 59.5 Å². The maximum atomic E-state index is 10.5. The molecule has 0 aliphatic rings. The highest BCUT2D eigenvalue weighted by molar-refractivity contribution is 7.98. The Bertz CT molecular complexity index is 624. The molecule has 2 rings (SSSR count). The van der Waals surface area contributed by atoms with Crippen LogP contribution in [0.4, 0.5) is 5.69 Å². The predicted octanol–water partition coefficient (Wildman–Crippen LogP) is 3.66. The Kier molecular flexibility index (Phi) is 4.85. The van der Waals surface area contributed by atoms with Crippen molar-refractivity contribution in [2.75, 3.05) is 5.73 Å². The number of aliphatic carboxylic acids is 1. The van der Waals surface area contributed by atoms with Gasteiger partial charge in [0.15, 0.2) is 0 Å². The van der Waals surface area contributed by atoms with Gasteiger partial charge in [-0.25, -0.2) is 4.79 Å². The topological polar surface area (TPSA) is 63.3 Å². The van der Waals surface area contributed by atoms with Crippen molar-refractivity contribution in [3.05, 3.63) is 65.7 Å². The molecule has 0 saturated heterocycles. The molecule has 0 radical (unpaired) electrons. The van der Waals surface area contributed by atoms with Crippen LogP contribution in [0.1, 0.15) is 11.1 Å². The van der Waals surface area contributed by atoms with Gasteiger partial charge in [0.25, 0.3) is 0 Å². The maximum Gasteiger partial charge on any atom is 0.328 e. The molecule has 2 aromatic rings. The zero-order chi connectivity index (χ0) is 14.4. The zero-order valence-corrected chi connectivity index (χ0v) is 11.6. The number of nitrogen functional groups attached to an aromatic ring is 1. The summed E-state index contributed by atoms with van der Waals surface area (Å²) in [5.41, 5.74) is 8.38. The van der Waals surface area contributed by atoms with Crippen molar-refractivity contribution in [1.29, 1.82) is 0 Å². The second-order valence-electron chi connectivity index (χ2n) is 4.24. The molecule has 3 N–H and O–H groups in total. The number of thioether (sulfide) groups is 1. The highest BCUT2D eigenvalue weighted by atomic mass is 32.2. The molecule has 2 aromatic carbocycles. The number of carboxylic acid groups (broad SMARTS) is 1. The second-order valence-corrected chi connectivity index (χ2v) is 5.29. The van der Waals surface area contributed by atoms with Crippen LogP contribution >= 0.6 is 11.8 Å². The van der Waals surface area contributed by atoms with E-state index >= 15 is 0 Å². The van der Waals surface area contributed by atoms with E-state index in [-0.39, 0.29) is 0 Å². The van der Waals surface area contributed by atoms with Gasteiger partial charge in [-0.3, -0.25) is 0 Å². The summed E-state index contributed by atoms with van der Waals surface area (Å²) in [5, 5.41) is 8.65. The van der Waals surface area contributed by atoms with Crippen molar-refractivity contribution in [2.24, 2.45) is 0 Å². The number of anilines is 1. The standard InChI is InChI=1S/C16H15NO2S/c17-15-8-7-14(10-13(15)6-9-16(18)19)20-11-12-4-2-1-3-5-12/h1-10H,11,17H2,(H,18,19). The van der Waals surface area contributed by atoms with Crippen LogP contribution in [0.5, 0.6) is 0 Å². The van der Waals surface area contributed by atoms with E-state index < -0.39 is 5.97 Å². The van der Waals surface area contributed by atoms with Gasteiger partial charge in [-0.15, -0.1) is 11.8 Å². The van der Waals surface area contributed by atoms with E-state index in [4.69, 9.17) is 10.8 Å². The predicted molar refractivity (Wildman–Crippen MR) is 83.5 cm³/mol. The molecule has 0 saturated carbocycles.